The molecule has 1 atom stereocenters. The van der Waals surface area contributed by atoms with E-state index >= 15 is 0 Å². The fourth-order valence-electron chi connectivity index (χ4n) is 2.85. The van der Waals surface area contributed by atoms with E-state index in [1.54, 1.807) is 0 Å². The molecule has 0 saturated heterocycles. The van der Waals surface area contributed by atoms with Crippen molar-refractivity contribution in [3.8, 4) is 0 Å². The van der Waals surface area contributed by atoms with E-state index in [0.717, 1.165) is 11.8 Å². The van der Waals surface area contributed by atoms with Crippen LogP contribution in [-0.4, -0.2) is 6.54 Å². The second-order valence-corrected chi connectivity index (χ2v) is 6.17. The van der Waals surface area contributed by atoms with Crippen LogP contribution >= 0.6 is 0 Å². The van der Waals surface area contributed by atoms with Crippen molar-refractivity contribution in [1.82, 2.24) is 5.32 Å². The van der Waals surface area contributed by atoms with E-state index in [9.17, 15) is 0 Å². The van der Waals surface area contributed by atoms with E-state index in [0.29, 0.717) is 6.04 Å². The minimum absolute atomic E-state index is 0.477. The average Bonchev–Trinajstić information content (AvgIpc) is 2.38. The molecule has 1 aromatic carbocycles. The van der Waals surface area contributed by atoms with E-state index in [1.165, 1.54) is 43.4 Å². The fraction of sp³-hybridized carbons (Fsp3) is 0.647. The molecule has 1 nitrogen and oxygen atoms in total. The predicted octanol–water partition coefficient (Wildman–Crippen LogP) is 4.47. The van der Waals surface area contributed by atoms with Crippen molar-refractivity contribution >= 4 is 0 Å². The van der Waals surface area contributed by atoms with E-state index in [-0.39, 0.29) is 0 Å². The molecule has 1 N–H and O–H groups in total. The zero-order valence-electron chi connectivity index (χ0n) is 12.1. The average molecular weight is 245 g/mol. The third kappa shape index (κ3) is 3.84. The first-order valence-electron chi connectivity index (χ1n) is 7.45. The smallest absolute Gasteiger partial charge is 0.0291 e. The summed E-state index contributed by atoms with van der Waals surface area (Å²) in [6, 6.07) is 9.38. The van der Waals surface area contributed by atoms with Crippen LogP contribution in [0.2, 0.25) is 0 Å². The van der Waals surface area contributed by atoms with Gasteiger partial charge in [-0.3, -0.25) is 0 Å². The van der Waals surface area contributed by atoms with Crippen molar-refractivity contribution in [2.45, 2.75) is 52.5 Å². The molecule has 100 valence electrons. The van der Waals surface area contributed by atoms with Crippen LogP contribution in [0.1, 0.15) is 56.7 Å². The summed E-state index contributed by atoms with van der Waals surface area (Å²) >= 11 is 0. The maximum atomic E-state index is 3.70. The van der Waals surface area contributed by atoms with Gasteiger partial charge in [0.1, 0.15) is 0 Å². The minimum atomic E-state index is 0.477. The second kappa shape index (κ2) is 6.38. The first-order valence-corrected chi connectivity index (χ1v) is 7.45. The van der Waals surface area contributed by atoms with E-state index < -0.39 is 0 Å². The lowest BCUT2D eigenvalue weighted by molar-refractivity contribution is 0.276. The lowest BCUT2D eigenvalue weighted by atomic mass is 9.83. The number of benzene rings is 1. The van der Waals surface area contributed by atoms with Crippen LogP contribution in [0.3, 0.4) is 0 Å². The third-order valence-corrected chi connectivity index (χ3v) is 4.43. The number of hydrogen-bond donors (Lipinski definition) is 1. The van der Waals surface area contributed by atoms with Crippen LogP contribution in [0.4, 0.5) is 0 Å². The number of hydrogen-bond acceptors (Lipinski definition) is 1. The van der Waals surface area contributed by atoms with Crippen molar-refractivity contribution < 1.29 is 0 Å². The molecular formula is C17H27N. The van der Waals surface area contributed by atoms with Crippen molar-refractivity contribution in [3.05, 3.63) is 35.4 Å². The number of nitrogens with one attached hydrogen (secondary N) is 1. The first-order chi connectivity index (χ1) is 8.65. The molecule has 0 heterocycles. The van der Waals surface area contributed by atoms with Crippen molar-refractivity contribution in [1.29, 1.82) is 0 Å². The standard InChI is InChI=1S/C17H27N/c1-13-4-8-16(9-5-13)12-18-15(3)17-10-6-14(2)7-11-17/h6-7,10-11,13,15-16,18H,4-5,8-9,12H2,1-3H3/t13?,15-,16?/m0/s1. The number of rotatable bonds is 4. The maximum absolute atomic E-state index is 3.70. The molecule has 18 heavy (non-hydrogen) atoms. The molecule has 0 bridgehead atoms. The SMILES string of the molecule is Cc1ccc([C@H](C)NCC2CCC(C)CC2)cc1. The van der Waals surface area contributed by atoms with Crippen LogP contribution < -0.4 is 5.32 Å². The number of aryl methyl sites for hydroxylation is 1. The van der Waals surface area contributed by atoms with E-state index in [2.05, 4.69) is 50.4 Å². The van der Waals surface area contributed by atoms with Crippen LogP contribution in [0.15, 0.2) is 24.3 Å². The van der Waals surface area contributed by atoms with Gasteiger partial charge in [0.2, 0.25) is 0 Å². The fourth-order valence-corrected chi connectivity index (χ4v) is 2.85. The Bertz CT molecular complexity index is 346. The highest BCUT2D eigenvalue weighted by Crippen LogP contribution is 2.28. The van der Waals surface area contributed by atoms with Crippen LogP contribution in [0.25, 0.3) is 0 Å². The molecule has 0 aromatic heterocycles. The highest BCUT2D eigenvalue weighted by atomic mass is 14.9. The van der Waals surface area contributed by atoms with E-state index in [4.69, 9.17) is 0 Å². The van der Waals surface area contributed by atoms with Gasteiger partial charge in [-0.15, -0.1) is 0 Å². The van der Waals surface area contributed by atoms with Crippen LogP contribution in [0.5, 0.6) is 0 Å². The van der Waals surface area contributed by atoms with Gasteiger partial charge in [0.15, 0.2) is 0 Å². The molecule has 1 aromatic rings. The monoisotopic (exact) mass is 245 g/mol. The first kappa shape index (κ1) is 13.6. The van der Waals surface area contributed by atoms with Gasteiger partial charge in [0.25, 0.3) is 0 Å². The summed E-state index contributed by atoms with van der Waals surface area (Å²) in [5.41, 5.74) is 2.75. The van der Waals surface area contributed by atoms with Gasteiger partial charge in [-0.05, 0) is 50.6 Å². The summed E-state index contributed by atoms with van der Waals surface area (Å²) < 4.78 is 0. The molecule has 1 saturated carbocycles. The Morgan fingerprint density at radius 1 is 1.11 bits per heavy atom. The second-order valence-electron chi connectivity index (χ2n) is 6.17. The topological polar surface area (TPSA) is 12.0 Å². The lowest BCUT2D eigenvalue weighted by Crippen LogP contribution is -2.28. The zero-order valence-corrected chi connectivity index (χ0v) is 12.1. The Kier molecular flexibility index (Phi) is 4.82. The summed E-state index contributed by atoms with van der Waals surface area (Å²) in [4.78, 5) is 0. The van der Waals surface area contributed by atoms with Gasteiger partial charge >= 0.3 is 0 Å². The molecule has 1 fully saturated rings. The minimum Gasteiger partial charge on any atom is -0.310 e. The maximum Gasteiger partial charge on any atom is 0.0291 e. The Morgan fingerprint density at radius 3 is 2.33 bits per heavy atom. The molecule has 1 aliphatic carbocycles. The highest BCUT2D eigenvalue weighted by molar-refractivity contribution is 5.23. The summed E-state index contributed by atoms with van der Waals surface area (Å²) in [5, 5.41) is 3.70. The predicted molar refractivity (Wildman–Crippen MR) is 78.7 cm³/mol. The molecule has 2 rings (SSSR count). The molecule has 0 amide bonds. The van der Waals surface area contributed by atoms with Crippen LogP contribution in [0, 0.1) is 18.8 Å². The van der Waals surface area contributed by atoms with Gasteiger partial charge < -0.3 is 5.32 Å². The van der Waals surface area contributed by atoms with Crippen molar-refractivity contribution in [3.63, 3.8) is 0 Å². The normalized spacial score (nSPS) is 25.9. The molecule has 0 aliphatic heterocycles. The van der Waals surface area contributed by atoms with Gasteiger partial charge in [-0.25, -0.2) is 0 Å². The zero-order chi connectivity index (χ0) is 13.0. The third-order valence-electron chi connectivity index (χ3n) is 4.43. The Morgan fingerprint density at radius 2 is 1.72 bits per heavy atom. The molecule has 0 unspecified atom stereocenters. The summed E-state index contributed by atoms with van der Waals surface area (Å²) in [5.74, 6) is 1.85. The van der Waals surface area contributed by atoms with Gasteiger partial charge in [-0.1, -0.05) is 49.6 Å². The largest absolute Gasteiger partial charge is 0.310 e. The molecule has 1 heteroatoms. The van der Waals surface area contributed by atoms with Gasteiger partial charge in [-0.2, -0.15) is 0 Å². The Hall–Kier alpha value is -0.820. The van der Waals surface area contributed by atoms with E-state index in [1.807, 2.05) is 0 Å². The highest BCUT2D eigenvalue weighted by Gasteiger charge is 2.18. The Balaban J connectivity index is 1.77. The summed E-state index contributed by atoms with van der Waals surface area (Å²) in [6.45, 7) is 7.99. The quantitative estimate of drug-likeness (QED) is 0.825. The lowest BCUT2D eigenvalue weighted by Gasteiger charge is -2.27. The molecule has 0 spiro atoms. The molecular weight excluding hydrogens is 218 g/mol. The Labute approximate surface area is 112 Å². The van der Waals surface area contributed by atoms with Crippen molar-refractivity contribution in [2.24, 2.45) is 11.8 Å². The molecule has 0 radical (unpaired) electrons. The van der Waals surface area contributed by atoms with Crippen LogP contribution in [-0.2, 0) is 0 Å². The summed E-state index contributed by atoms with van der Waals surface area (Å²) in [6.07, 6.45) is 5.67. The van der Waals surface area contributed by atoms with Gasteiger partial charge in [0, 0.05) is 6.04 Å². The molecule has 1 aliphatic rings. The summed E-state index contributed by atoms with van der Waals surface area (Å²) in [7, 11) is 0. The van der Waals surface area contributed by atoms with Gasteiger partial charge in [0.05, 0.1) is 0 Å². The van der Waals surface area contributed by atoms with Crippen molar-refractivity contribution in [2.75, 3.05) is 6.54 Å².